The summed E-state index contributed by atoms with van der Waals surface area (Å²) in [4.78, 5) is 32.8. The Balaban J connectivity index is 1.73. The lowest BCUT2D eigenvalue weighted by Crippen LogP contribution is -2.63. The van der Waals surface area contributed by atoms with Crippen LogP contribution in [0.3, 0.4) is 0 Å². The van der Waals surface area contributed by atoms with Gasteiger partial charge in [0.25, 0.3) is 17.8 Å². The molecule has 1 aromatic carbocycles. The number of fused-ring (bicyclic) bond motifs is 3. The molecule has 2 aromatic rings. The van der Waals surface area contributed by atoms with Crippen LogP contribution < -0.4 is 4.57 Å². The lowest BCUT2D eigenvalue weighted by atomic mass is 10.1. The number of hydrogen-bond acceptors (Lipinski definition) is 4. The predicted octanol–water partition coefficient (Wildman–Crippen LogP) is 2.17. The van der Waals surface area contributed by atoms with E-state index in [4.69, 9.17) is 4.42 Å². The van der Waals surface area contributed by atoms with Gasteiger partial charge < -0.3 is 4.42 Å². The minimum Gasteiger partial charge on any atom is -0.389 e. The molecule has 1 atom stereocenters. The van der Waals surface area contributed by atoms with Gasteiger partial charge in [-0.15, -0.1) is 0 Å². The zero-order valence-corrected chi connectivity index (χ0v) is 14.6. The molecule has 3 heterocycles. The largest absolute Gasteiger partial charge is 0.507 e. The Labute approximate surface area is 145 Å². The number of carbonyl (C=O) groups is 2. The predicted molar refractivity (Wildman–Crippen MR) is 89.4 cm³/mol. The van der Waals surface area contributed by atoms with Crippen molar-refractivity contribution >= 4 is 23.8 Å². The normalized spacial score (nSPS) is 19.2. The van der Waals surface area contributed by atoms with E-state index in [-0.39, 0.29) is 18.5 Å². The molecule has 0 saturated carbocycles. The number of amidine groups is 1. The lowest BCUT2D eigenvalue weighted by molar-refractivity contribution is -0.685. The molecule has 2 aliphatic heterocycles. The molecule has 4 rings (SSSR count). The molecule has 1 fully saturated rings. The van der Waals surface area contributed by atoms with Crippen molar-refractivity contribution in [3.05, 3.63) is 46.8 Å². The Kier molecular flexibility index (Phi) is 3.28. The van der Waals surface area contributed by atoms with E-state index in [1.54, 1.807) is 11.6 Å². The van der Waals surface area contributed by atoms with Crippen LogP contribution in [0.2, 0.25) is 0 Å². The van der Waals surface area contributed by atoms with Crippen LogP contribution in [0, 0.1) is 20.8 Å². The number of likely N-dealkylation sites (N-methyl/N-ethyl adjacent to an activating group) is 1. The van der Waals surface area contributed by atoms with Gasteiger partial charge in [-0.25, -0.2) is 4.79 Å². The van der Waals surface area contributed by atoms with E-state index in [0.717, 1.165) is 22.6 Å². The molecule has 7 heteroatoms. The molecule has 3 amide bonds. The van der Waals surface area contributed by atoms with Crippen molar-refractivity contribution in [3.8, 4) is 0 Å². The van der Waals surface area contributed by atoms with Crippen LogP contribution in [0.1, 0.15) is 28.6 Å². The second-order valence-corrected chi connectivity index (χ2v) is 6.52. The summed E-state index contributed by atoms with van der Waals surface area (Å²) >= 11 is 0. The number of hydrogen-bond donors (Lipinski definition) is 0. The van der Waals surface area contributed by atoms with Crippen molar-refractivity contribution < 1.29 is 18.6 Å². The molecule has 0 aliphatic carbocycles. The Morgan fingerprint density at radius 3 is 2.52 bits per heavy atom. The van der Waals surface area contributed by atoms with Crippen molar-refractivity contribution in [3.63, 3.8) is 0 Å². The van der Waals surface area contributed by atoms with Crippen LogP contribution >= 0.6 is 0 Å². The topological polar surface area (TPSA) is 70.0 Å². The van der Waals surface area contributed by atoms with Crippen LogP contribution in [-0.2, 0) is 11.3 Å². The third-order valence-corrected chi connectivity index (χ3v) is 4.86. The van der Waals surface area contributed by atoms with Crippen molar-refractivity contribution in [1.82, 2.24) is 9.80 Å². The van der Waals surface area contributed by atoms with Crippen LogP contribution in [0.15, 0.2) is 33.7 Å². The number of benzene rings is 1. The molecule has 25 heavy (non-hydrogen) atoms. The number of nitrogens with zero attached hydrogens (tertiary/aromatic N) is 4. The van der Waals surface area contributed by atoms with E-state index in [0.29, 0.717) is 11.9 Å². The van der Waals surface area contributed by atoms with Gasteiger partial charge >= 0.3 is 12.0 Å². The third kappa shape index (κ3) is 2.19. The maximum absolute atomic E-state index is 13.1. The van der Waals surface area contributed by atoms with E-state index in [2.05, 4.69) is 4.99 Å². The standard InChI is InChI=1S/C18H19N4O3/c1-10-5-7-13(8-6-10)9-21-16(23)14-15(20(4)18(21)24)19-17-22(14)11(2)12(3)25-17/h5-8,14H,9H2,1-4H3/q+1. The van der Waals surface area contributed by atoms with Gasteiger partial charge in [-0.3, -0.25) is 14.6 Å². The maximum Gasteiger partial charge on any atom is 0.507 e. The third-order valence-electron chi connectivity index (χ3n) is 4.86. The molecule has 2 aliphatic rings. The molecule has 128 valence electrons. The van der Waals surface area contributed by atoms with Gasteiger partial charge in [0, 0.05) is 19.0 Å². The van der Waals surface area contributed by atoms with E-state index in [9.17, 15) is 9.59 Å². The number of aryl methyl sites for hydroxylation is 2. The van der Waals surface area contributed by atoms with E-state index < -0.39 is 6.04 Å². The molecule has 0 radical (unpaired) electrons. The van der Waals surface area contributed by atoms with Gasteiger partial charge in [-0.1, -0.05) is 29.8 Å². The van der Waals surface area contributed by atoms with Crippen LogP contribution in [0.25, 0.3) is 0 Å². The average Bonchev–Trinajstić information content (AvgIpc) is 3.08. The van der Waals surface area contributed by atoms with Gasteiger partial charge in [0.2, 0.25) is 0 Å². The van der Waals surface area contributed by atoms with Crippen LogP contribution in [-0.4, -0.2) is 34.6 Å². The molecule has 7 nitrogen and oxygen atoms in total. The van der Waals surface area contributed by atoms with Gasteiger partial charge in [0.05, 0.1) is 6.54 Å². The van der Waals surface area contributed by atoms with Crippen molar-refractivity contribution in [1.29, 1.82) is 0 Å². The van der Waals surface area contributed by atoms with Crippen molar-refractivity contribution in [2.24, 2.45) is 4.99 Å². The fourth-order valence-corrected chi connectivity index (χ4v) is 3.25. The summed E-state index contributed by atoms with van der Waals surface area (Å²) in [6.07, 6.45) is 0. The van der Waals surface area contributed by atoms with E-state index in [1.165, 1.54) is 9.80 Å². The zero-order valence-electron chi connectivity index (χ0n) is 14.6. The smallest absolute Gasteiger partial charge is 0.389 e. The molecule has 0 spiro atoms. The van der Waals surface area contributed by atoms with Crippen molar-refractivity contribution in [2.75, 3.05) is 7.05 Å². The number of amides is 3. The summed E-state index contributed by atoms with van der Waals surface area (Å²) in [6.45, 7) is 5.95. The molecular formula is C18H19N4O3+. The quantitative estimate of drug-likeness (QED) is 0.788. The number of imide groups is 1. The number of rotatable bonds is 2. The van der Waals surface area contributed by atoms with E-state index in [1.807, 2.05) is 45.0 Å². The first-order valence-corrected chi connectivity index (χ1v) is 8.13. The summed E-state index contributed by atoms with van der Waals surface area (Å²) < 4.78 is 7.38. The minimum absolute atomic E-state index is 0.234. The summed E-state index contributed by atoms with van der Waals surface area (Å²) in [5, 5.41) is 0. The van der Waals surface area contributed by atoms with Crippen LogP contribution in [0.4, 0.5) is 10.8 Å². The van der Waals surface area contributed by atoms with E-state index >= 15 is 0 Å². The minimum atomic E-state index is -0.652. The molecule has 0 N–H and O–H groups in total. The highest BCUT2D eigenvalue weighted by molar-refractivity contribution is 6.18. The Morgan fingerprint density at radius 2 is 1.84 bits per heavy atom. The fraction of sp³-hybridized carbons (Fsp3) is 0.333. The molecule has 1 aromatic heterocycles. The Bertz CT molecular complexity index is 927. The number of urea groups is 1. The zero-order chi connectivity index (χ0) is 17.9. The average molecular weight is 339 g/mol. The highest BCUT2D eigenvalue weighted by atomic mass is 16.4. The van der Waals surface area contributed by atoms with Crippen molar-refractivity contribution in [2.45, 2.75) is 33.4 Å². The molecular weight excluding hydrogens is 320 g/mol. The monoisotopic (exact) mass is 339 g/mol. The Hall–Kier alpha value is -2.96. The Morgan fingerprint density at radius 1 is 1.16 bits per heavy atom. The summed E-state index contributed by atoms with van der Waals surface area (Å²) in [5.41, 5.74) is 2.88. The maximum atomic E-state index is 13.1. The van der Waals surface area contributed by atoms with Gasteiger partial charge in [-0.2, -0.15) is 4.57 Å². The molecule has 1 saturated heterocycles. The number of carbonyl (C=O) groups excluding carboxylic acids is 2. The fourth-order valence-electron chi connectivity index (χ4n) is 3.25. The summed E-state index contributed by atoms with van der Waals surface area (Å²) in [7, 11) is 1.64. The molecule has 1 unspecified atom stereocenters. The first-order chi connectivity index (χ1) is 11.9. The number of aromatic nitrogens is 1. The summed E-state index contributed by atoms with van der Waals surface area (Å²) in [6, 6.07) is 7.13. The highest BCUT2D eigenvalue weighted by Crippen LogP contribution is 2.31. The summed E-state index contributed by atoms with van der Waals surface area (Å²) in [5.74, 6) is 0.849. The van der Waals surface area contributed by atoms with Gasteiger partial charge in [0.1, 0.15) is 5.69 Å². The highest BCUT2D eigenvalue weighted by Gasteiger charge is 2.55. The SMILES string of the molecule is Cc1ccc(CN2C(=O)C3C(=Nc4oc(C)c(C)[n+]43)N(C)C2=O)cc1. The van der Waals surface area contributed by atoms with Gasteiger partial charge in [0.15, 0.2) is 5.76 Å². The first kappa shape index (κ1) is 15.6. The second kappa shape index (κ2) is 5.27. The first-order valence-electron chi connectivity index (χ1n) is 8.13. The number of aliphatic imine (C=N–C) groups is 1. The van der Waals surface area contributed by atoms with Gasteiger partial charge in [-0.05, 0) is 19.4 Å². The molecule has 0 bridgehead atoms. The number of oxazole rings is 1. The second-order valence-electron chi connectivity index (χ2n) is 6.52. The van der Waals surface area contributed by atoms with Crippen LogP contribution in [0.5, 0.6) is 0 Å². The lowest BCUT2D eigenvalue weighted by Gasteiger charge is -2.32.